The van der Waals surface area contributed by atoms with E-state index in [0.29, 0.717) is 10.1 Å². The van der Waals surface area contributed by atoms with Gasteiger partial charge in [0.05, 0.1) is 17.7 Å². The quantitative estimate of drug-likeness (QED) is 0.656. The van der Waals surface area contributed by atoms with Crippen molar-refractivity contribution in [2.24, 2.45) is 5.10 Å². The standard InChI is InChI=1S/C14H13ClN2O3S/c1-19-10-2-4-11(5-3-10)20-9-14(18)17-16-8-12-6-7-13(15)21-12/h2-8H,9H2,1H3,(H,17,18)/b16-8+. The number of thiophene rings is 1. The second kappa shape index (κ2) is 7.66. The lowest BCUT2D eigenvalue weighted by molar-refractivity contribution is -0.123. The van der Waals surface area contributed by atoms with E-state index in [0.717, 1.165) is 10.6 Å². The molecule has 0 saturated heterocycles. The molecule has 110 valence electrons. The molecule has 1 amide bonds. The van der Waals surface area contributed by atoms with Crippen molar-refractivity contribution < 1.29 is 14.3 Å². The van der Waals surface area contributed by atoms with Crippen LogP contribution in [0.25, 0.3) is 0 Å². The molecule has 7 heteroatoms. The van der Waals surface area contributed by atoms with E-state index in [-0.39, 0.29) is 12.5 Å². The molecule has 1 aromatic heterocycles. The number of hydrazone groups is 1. The summed E-state index contributed by atoms with van der Waals surface area (Å²) in [6.07, 6.45) is 1.53. The molecule has 1 N–H and O–H groups in total. The van der Waals surface area contributed by atoms with Crippen LogP contribution >= 0.6 is 22.9 Å². The lowest BCUT2D eigenvalue weighted by Gasteiger charge is -2.05. The average Bonchev–Trinajstić information content (AvgIpc) is 2.91. The van der Waals surface area contributed by atoms with Gasteiger partial charge in [-0.25, -0.2) is 5.43 Å². The van der Waals surface area contributed by atoms with Crippen molar-refractivity contribution in [1.82, 2.24) is 5.43 Å². The monoisotopic (exact) mass is 324 g/mol. The summed E-state index contributed by atoms with van der Waals surface area (Å²) >= 11 is 7.16. The molecule has 2 rings (SSSR count). The number of carbonyl (C=O) groups is 1. The summed E-state index contributed by atoms with van der Waals surface area (Å²) in [6.45, 7) is -0.116. The van der Waals surface area contributed by atoms with Gasteiger partial charge in [0, 0.05) is 4.88 Å². The maximum absolute atomic E-state index is 11.5. The average molecular weight is 325 g/mol. The minimum absolute atomic E-state index is 0.116. The van der Waals surface area contributed by atoms with Gasteiger partial charge in [0.1, 0.15) is 11.5 Å². The number of benzene rings is 1. The Morgan fingerprint density at radius 3 is 2.62 bits per heavy atom. The largest absolute Gasteiger partial charge is 0.497 e. The van der Waals surface area contributed by atoms with Gasteiger partial charge in [-0.05, 0) is 36.4 Å². The minimum Gasteiger partial charge on any atom is -0.497 e. The number of nitrogens with one attached hydrogen (secondary N) is 1. The number of nitrogens with zero attached hydrogens (tertiary/aromatic N) is 1. The summed E-state index contributed by atoms with van der Waals surface area (Å²) in [4.78, 5) is 12.4. The Labute approximate surface area is 131 Å². The lowest BCUT2D eigenvalue weighted by atomic mass is 10.3. The Bertz CT molecular complexity index is 625. The number of ether oxygens (including phenoxy) is 2. The van der Waals surface area contributed by atoms with Gasteiger partial charge >= 0.3 is 0 Å². The maximum atomic E-state index is 11.5. The first-order valence-electron chi connectivity index (χ1n) is 6.01. The summed E-state index contributed by atoms with van der Waals surface area (Å²) in [5, 5.41) is 3.82. The summed E-state index contributed by atoms with van der Waals surface area (Å²) in [7, 11) is 1.59. The van der Waals surface area contributed by atoms with Gasteiger partial charge in [0.2, 0.25) is 0 Å². The van der Waals surface area contributed by atoms with Crippen molar-refractivity contribution in [3.8, 4) is 11.5 Å². The predicted octanol–water partition coefficient (Wildman–Crippen LogP) is 2.94. The van der Waals surface area contributed by atoms with E-state index in [9.17, 15) is 4.79 Å². The van der Waals surface area contributed by atoms with E-state index in [1.54, 1.807) is 37.4 Å². The van der Waals surface area contributed by atoms with Crippen LogP contribution in [-0.4, -0.2) is 25.8 Å². The minimum atomic E-state index is -0.343. The third-order valence-electron chi connectivity index (χ3n) is 2.40. The Morgan fingerprint density at radius 2 is 2.00 bits per heavy atom. The Morgan fingerprint density at radius 1 is 1.29 bits per heavy atom. The van der Waals surface area contributed by atoms with Gasteiger partial charge in [-0.3, -0.25) is 4.79 Å². The van der Waals surface area contributed by atoms with Crippen LogP contribution in [0.2, 0.25) is 4.34 Å². The molecule has 0 atom stereocenters. The van der Waals surface area contributed by atoms with Crippen molar-refractivity contribution in [3.63, 3.8) is 0 Å². The van der Waals surface area contributed by atoms with Crippen LogP contribution in [0.5, 0.6) is 11.5 Å². The van der Waals surface area contributed by atoms with E-state index in [2.05, 4.69) is 10.5 Å². The van der Waals surface area contributed by atoms with Crippen molar-refractivity contribution in [3.05, 3.63) is 45.6 Å². The van der Waals surface area contributed by atoms with Crippen LogP contribution in [0, 0.1) is 0 Å². The van der Waals surface area contributed by atoms with Crippen LogP contribution in [0.1, 0.15) is 4.88 Å². The number of amides is 1. The molecule has 0 fully saturated rings. The fourth-order valence-corrected chi connectivity index (χ4v) is 2.35. The van der Waals surface area contributed by atoms with Gasteiger partial charge in [0.15, 0.2) is 6.61 Å². The molecular weight excluding hydrogens is 312 g/mol. The smallest absolute Gasteiger partial charge is 0.277 e. The van der Waals surface area contributed by atoms with Crippen LogP contribution in [-0.2, 0) is 4.79 Å². The summed E-state index contributed by atoms with van der Waals surface area (Å²) < 4.78 is 11.0. The molecule has 5 nitrogen and oxygen atoms in total. The number of halogens is 1. The second-order valence-electron chi connectivity index (χ2n) is 3.90. The fourth-order valence-electron chi connectivity index (χ4n) is 1.42. The lowest BCUT2D eigenvalue weighted by Crippen LogP contribution is -2.24. The molecule has 1 aromatic carbocycles. The normalized spacial score (nSPS) is 10.6. The first kappa shape index (κ1) is 15.3. The highest BCUT2D eigenvalue weighted by Gasteiger charge is 2.02. The van der Waals surface area contributed by atoms with Crippen molar-refractivity contribution in [2.75, 3.05) is 13.7 Å². The highest BCUT2D eigenvalue weighted by molar-refractivity contribution is 7.17. The third kappa shape index (κ3) is 5.09. The summed E-state index contributed by atoms with van der Waals surface area (Å²) in [6, 6.07) is 10.5. The number of hydrogen-bond donors (Lipinski definition) is 1. The zero-order valence-electron chi connectivity index (χ0n) is 11.2. The highest BCUT2D eigenvalue weighted by atomic mass is 35.5. The highest BCUT2D eigenvalue weighted by Crippen LogP contribution is 2.19. The summed E-state index contributed by atoms with van der Waals surface area (Å²) in [5.74, 6) is 0.968. The first-order chi connectivity index (χ1) is 10.2. The Kier molecular flexibility index (Phi) is 5.59. The molecule has 1 heterocycles. The van der Waals surface area contributed by atoms with E-state index in [4.69, 9.17) is 21.1 Å². The van der Waals surface area contributed by atoms with Gasteiger partial charge in [-0.2, -0.15) is 5.10 Å². The Hall–Kier alpha value is -2.05. The number of carbonyl (C=O) groups excluding carboxylic acids is 1. The molecule has 0 radical (unpaired) electrons. The third-order valence-corrected chi connectivity index (χ3v) is 3.57. The number of methoxy groups -OCH3 is 1. The predicted molar refractivity (Wildman–Crippen MR) is 83.6 cm³/mol. The van der Waals surface area contributed by atoms with Crippen LogP contribution < -0.4 is 14.9 Å². The molecule has 0 bridgehead atoms. The van der Waals surface area contributed by atoms with Gasteiger partial charge in [0.25, 0.3) is 5.91 Å². The van der Waals surface area contributed by atoms with Crippen LogP contribution in [0.4, 0.5) is 0 Å². The Balaban J connectivity index is 1.75. The molecule has 0 saturated carbocycles. The topological polar surface area (TPSA) is 59.9 Å². The van der Waals surface area contributed by atoms with E-state index in [1.807, 2.05) is 6.07 Å². The van der Waals surface area contributed by atoms with Crippen molar-refractivity contribution in [2.45, 2.75) is 0 Å². The molecular formula is C14H13ClN2O3S. The fraction of sp³-hybridized carbons (Fsp3) is 0.143. The van der Waals surface area contributed by atoms with Crippen molar-refractivity contribution in [1.29, 1.82) is 0 Å². The number of hydrogen-bond acceptors (Lipinski definition) is 5. The van der Waals surface area contributed by atoms with Gasteiger partial charge < -0.3 is 9.47 Å². The molecule has 2 aromatic rings. The van der Waals surface area contributed by atoms with Crippen molar-refractivity contribution >= 4 is 35.1 Å². The zero-order valence-corrected chi connectivity index (χ0v) is 12.8. The zero-order chi connectivity index (χ0) is 15.1. The summed E-state index contributed by atoms with van der Waals surface area (Å²) in [5.41, 5.74) is 2.38. The van der Waals surface area contributed by atoms with E-state index < -0.39 is 0 Å². The van der Waals surface area contributed by atoms with E-state index in [1.165, 1.54) is 17.6 Å². The van der Waals surface area contributed by atoms with Crippen LogP contribution in [0.3, 0.4) is 0 Å². The van der Waals surface area contributed by atoms with Gasteiger partial charge in [-0.1, -0.05) is 11.6 Å². The van der Waals surface area contributed by atoms with Gasteiger partial charge in [-0.15, -0.1) is 11.3 Å². The molecule has 0 spiro atoms. The van der Waals surface area contributed by atoms with E-state index >= 15 is 0 Å². The molecule has 0 aliphatic rings. The number of rotatable bonds is 6. The maximum Gasteiger partial charge on any atom is 0.277 e. The van der Waals surface area contributed by atoms with Crippen LogP contribution in [0.15, 0.2) is 41.5 Å². The second-order valence-corrected chi connectivity index (χ2v) is 5.65. The molecule has 0 aliphatic carbocycles. The molecule has 0 aliphatic heterocycles. The SMILES string of the molecule is COc1ccc(OCC(=O)N/N=C/c2ccc(Cl)s2)cc1. The first-order valence-corrected chi connectivity index (χ1v) is 7.21. The molecule has 21 heavy (non-hydrogen) atoms. The molecule has 0 unspecified atom stereocenters.